The summed E-state index contributed by atoms with van der Waals surface area (Å²) in [6.45, 7) is 13.9. The van der Waals surface area contributed by atoms with Gasteiger partial charge < -0.3 is 25.3 Å². The largest absolute Gasteiger partial charge is 0.460 e. The van der Waals surface area contributed by atoms with Gasteiger partial charge in [-0.25, -0.2) is 9.59 Å². The zero-order valence-electron chi connectivity index (χ0n) is 15.6. The van der Waals surface area contributed by atoms with Crippen LogP contribution in [0, 0.1) is 0 Å². The summed E-state index contributed by atoms with van der Waals surface area (Å²) in [6, 6.07) is 0. The first-order chi connectivity index (χ1) is 11.0. The zero-order valence-corrected chi connectivity index (χ0v) is 15.6. The molecule has 0 aliphatic carbocycles. The fourth-order valence-corrected chi connectivity index (χ4v) is 1.75. The third kappa shape index (κ3) is 11.0. The number of amides is 1. The van der Waals surface area contributed by atoms with Crippen molar-refractivity contribution in [1.82, 2.24) is 5.32 Å². The van der Waals surface area contributed by atoms with Crippen LogP contribution in [0.1, 0.15) is 47.5 Å². The normalized spacial score (nSPS) is 11.8. The average molecular weight is 344 g/mol. The van der Waals surface area contributed by atoms with Crippen LogP contribution in [0.25, 0.3) is 0 Å². The molecule has 140 valence electrons. The minimum absolute atomic E-state index is 0.0671. The first-order valence-electron chi connectivity index (χ1n) is 8.12. The third-order valence-electron chi connectivity index (χ3n) is 3.27. The van der Waals surface area contributed by atoms with E-state index in [1.807, 2.05) is 27.7 Å². The summed E-state index contributed by atoms with van der Waals surface area (Å²) in [4.78, 5) is 22.9. The van der Waals surface area contributed by atoms with Crippen molar-refractivity contribution in [3.8, 4) is 0 Å². The van der Waals surface area contributed by atoms with E-state index < -0.39 is 17.7 Å². The number of nitrogens with two attached hydrogens (primary N) is 1. The van der Waals surface area contributed by atoms with Gasteiger partial charge in [0.1, 0.15) is 12.2 Å². The average Bonchev–Trinajstić information content (AvgIpc) is 2.41. The molecule has 7 nitrogen and oxygen atoms in total. The van der Waals surface area contributed by atoms with Gasteiger partial charge in [0, 0.05) is 12.0 Å². The lowest BCUT2D eigenvalue weighted by molar-refractivity contribution is -0.138. The van der Waals surface area contributed by atoms with Gasteiger partial charge in [0.25, 0.3) is 0 Å². The number of esters is 1. The Morgan fingerprint density at radius 3 is 2.25 bits per heavy atom. The number of rotatable bonds is 11. The standard InChI is InChI=1S/C17H32N2O5/c1-13(2)14(20)22-12-10-19-15(21)24-17(5,6)8-11-23-16(3,4)7-9-18/h1,7-12,18H2,2-6H3,(H,19,21). The van der Waals surface area contributed by atoms with Gasteiger partial charge in [-0.2, -0.15) is 0 Å². The quantitative estimate of drug-likeness (QED) is 0.338. The molecule has 0 aromatic rings. The summed E-state index contributed by atoms with van der Waals surface area (Å²) < 4.78 is 16.0. The first kappa shape index (κ1) is 22.4. The molecule has 0 rings (SSSR count). The molecule has 0 aromatic carbocycles. The molecule has 0 atom stereocenters. The van der Waals surface area contributed by atoms with Crippen LogP contribution in [0.5, 0.6) is 0 Å². The zero-order chi connectivity index (χ0) is 18.8. The van der Waals surface area contributed by atoms with Crippen LogP contribution in [0.15, 0.2) is 12.2 Å². The monoisotopic (exact) mass is 344 g/mol. The Bertz CT molecular complexity index is 433. The van der Waals surface area contributed by atoms with Gasteiger partial charge in [-0.3, -0.25) is 0 Å². The van der Waals surface area contributed by atoms with Gasteiger partial charge >= 0.3 is 12.1 Å². The third-order valence-corrected chi connectivity index (χ3v) is 3.27. The molecule has 0 radical (unpaired) electrons. The summed E-state index contributed by atoms with van der Waals surface area (Å²) >= 11 is 0. The van der Waals surface area contributed by atoms with Crippen molar-refractivity contribution in [2.75, 3.05) is 26.3 Å². The second-order valence-corrected chi connectivity index (χ2v) is 6.89. The lowest BCUT2D eigenvalue weighted by Gasteiger charge is -2.29. The minimum Gasteiger partial charge on any atom is -0.460 e. The lowest BCUT2D eigenvalue weighted by atomic mass is 10.0. The predicted molar refractivity (Wildman–Crippen MR) is 92.7 cm³/mol. The van der Waals surface area contributed by atoms with Gasteiger partial charge in [0.15, 0.2) is 0 Å². The maximum absolute atomic E-state index is 11.8. The Morgan fingerprint density at radius 2 is 1.71 bits per heavy atom. The molecule has 0 heterocycles. The van der Waals surface area contributed by atoms with Crippen molar-refractivity contribution >= 4 is 12.1 Å². The Hall–Kier alpha value is -1.60. The summed E-state index contributed by atoms with van der Waals surface area (Å²) in [5.41, 5.74) is 4.89. The highest BCUT2D eigenvalue weighted by Gasteiger charge is 2.25. The van der Waals surface area contributed by atoms with Crippen molar-refractivity contribution in [3.05, 3.63) is 12.2 Å². The van der Waals surface area contributed by atoms with E-state index in [9.17, 15) is 9.59 Å². The van der Waals surface area contributed by atoms with Crippen LogP contribution in [-0.2, 0) is 19.0 Å². The maximum Gasteiger partial charge on any atom is 0.407 e. The number of carbonyl (C=O) groups excluding carboxylic acids is 2. The molecule has 0 aliphatic heterocycles. The number of alkyl carbamates (subject to hydrolysis) is 1. The number of ether oxygens (including phenoxy) is 3. The second kappa shape index (κ2) is 10.3. The van der Waals surface area contributed by atoms with Crippen molar-refractivity contribution in [1.29, 1.82) is 0 Å². The van der Waals surface area contributed by atoms with Crippen LogP contribution >= 0.6 is 0 Å². The van der Waals surface area contributed by atoms with E-state index in [4.69, 9.17) is 19.9 Å². The van der Waals surface area contributed by atoms with Gasteiger partial charge in [0.2, 0.25) is 0 Å². The van der Waals surface area contributed by atoms with Gasteiger partial charge in [-0.1, -0.05) is 6.58 Å². The molecule has 24 heavy (non-hydrogen) atoms. The van der Waals surface area contributed by atoms with Crippen LogP contribution in [0.2, 0.25) is 0 Å². The maximum atomic E-state index is 11.8. The number of nitrogens with one attached hydrogen (secondary N) is 1. The van der Waals surface area contributed by atoms with Gasteiger partial charge in [-0.05, 0) is 47.6 Å². The molecule has 1 amide bonds. The smallest absolute Gasteiger partial charge is 0.407 e. The highest BCUT2D eigenvalue weighted by atomic mass is 16.6. The Kier molecular flexibility index (Phi) is 9.62. The molecule has 0 aliphatic rings. The molecule has 0 saturated carbocycles. The molecule has 0 aromatic heterocycles. The summed E-state index contributed by atoms with van der Waals surface area (Å²) in [5, 5.41) is 2.53. The Balaban J connectivity index is 4.01. The molecular formula is C17H32N2O5. The van der Waals surface area contributed by atoms with E-state index >= 15 is 0 Å². The SMILES string of the molecule is C=C(C)C(=O)OCCNC(=O)OC(C)(C)CCOC(C)(C)CCN. The number of hydrogen-bond donors (Lipinski definition) is 2. The fourth-order valence-electron chi connectivity index (χ4n) is 1.75. The highest BCUT2D eigenvalue weighted by molar-refractivity contribution is 5.86. The van der Waals surface area contributed by atoms with Crippen LogP contribution < -0.4 is 11.1 Å². The number of hydrogen-bond acceptors (Lipinski definition) is 6. The predicted octanol–water partition coefficient (Wildman–Crippen LogP) is 2.14. The van der Waals surface area contributed by atoms with Crippen LogP contribution in [-0.4, -0.2) is 49.6 Å². The molecule has 0 fully saturated rings. The van der Waals surface area contributed by atoms with Crippen molar-refractivity contribution in [2.24, 2.45) is 5.73 Å². The second-order valence-electron chi connectivity index (χ2n) is 6.89. The van der Waals surface area contributed by atoms with Crippen molar-refractivity contribution < 1.29 is 23.8 Å². The summed E-state index contributed by atoms with van der Waals surface area (Å²) in [7, 11) is 0. The van der Waals surface area contributed by atoms with E-state index in [-0.39, 0.29) is 18.8 Å². The fraction of sp³-hybridized carbons (Fsp3) is 0.765. The van der Waals surface area contributed by atoms with Crippen molar-refractivity contribution in [2.45, 2.75) is 58.7 Å². The van der Waals surface area contributed by atoms with E-state index in [1.165, 1.54) is 0 Å². The number of carbonyl (C=O) groups is 2. The summed E-state index contributed by atoms with van der Waals surface area (Å²) in [6.07, 6.45) is 0.754. The molecule has 7 heteroatoms. The van der Waals surface area contributed by atoms with Crippen molar-refractivity contribution in [3.63, 3.8) is 0 Å². The van der Waals surface area contributed by atoms with Gasteiger partial charge in [-0.15, -0.1) is 0 Å². The summed E-state index contributed by atoms with van der Waals surface area (Å²) in [5.74, 6) is -0.484. The van der Waals surface area contributed by atoms with E-state index in [0.29, 0.717) is 25.1 Å². The lowest BCUT2D eigenvalue weighted by Crippen LogP contribution is -2.38. The molecule has 0 saturated heterocycles. The molecular weight excluding hydrogens is 312 g/mol. The van der Waals surface area contributed by atoms with E-state index in [2.05, 4.69) is 11.9 Å². The van der Waals surface area contributed by atoms with E-state index in [1.54, 1.807) is 6.92 Å². The molecule has 0 spiro atoms. The molecule has 0 unspecified atom stereocenters. The first-order valence-corrected chi connectivity index (χ1v) is 8.12. The van der Waals surface area contributed by atoms with Crippen LogP contribution in [0.4, 0.5) is 4.79 Å². The highest BCUT2D eigenvalue weighted by Crippen LogP contribution is 2.19. The Morgan fingerprint density at radius 1 is 1.08 bits per heavy atom. The molecule has 3 N–H and O–H groups in total. The van der Waals surface area contributed by atoms with E-state index in [0.717, 1.165) is 6.42 Å². The van der Waals surface area contributed by atoms with Gasteiger partial charge in [0.05, 0.1) is 18.8 Å². The minimum atomic E-state index is -0.669. The Labute approximate surface area is 144 Å². The molecule has 0 bridgehead atoms. The van der Waals surface area contributed by atoms with Crippen LogP contribution in [0.3, 0.4) is 0 Å². The topological polar surface area (TPSA) is 99.9 Å².